The molecule has 0 aliphatic heterocycles. The molecule has 29 heavy (non-hydrogen) atoms. The molecule has 1 amide bonds. The van der Waals surface area contributed by atoms with Crippen LogP contribution in [0.2, 0.25) is 0 Å². The molecule has 3 aromatic heterocycles. The van der Waals surface area contributed by atoms with Crippen molar-refractivity contribution in [2.45, 2.75) is 12.8 Å². The number of nitrogens with one attached hydrogen (secondary N) is 1. The topological polar surface area (TPSA) is 95.0 Å². The van der Waals surface area contributed by atoms with Crippen molar-refractivity contribution in [3.8, 4) is 17.0 Å². The zero-order chi connectivity index (χ0) is 20.2. The summed E-state index contributed by atoms with van der Waals surface area (Å²) in [6.07, 6.45) is 4.56. The van der Waals surface area contributed by atoms with Crippen LogP contribution in [0, 0.1) is 0 Å². The molecule has 0 saturated heterocycles. The number of hydrogen-bond acceptors (Lipinski definition) is 6. The van der Waals surface area contributed by atoms with Gasteiger partial charge in [-0.2, -0.15) is 5.10 Å². The fourth-order valence-corrected chi connectivity index (χ4v) is 3.14. The summed E-state index contributed by atoms with van der Waals surface area (Å²) in [4.78, 5) is 11.9. The highest BCUT2D eigenvalue weighted by atomic mass is 16.5. The average molecular weight is 394 g/mol. The largest absolute Gasteiger partial charge is 0.497 e. The third kappa shape index (κ3) is 3.90. The summed E-state index contributed by atoms with van der Waals surface area (Å²) in [5.74, 6) is 1.50. The number of benzene rings is 1. The van der Waals surface area contributed by atoms with Gasteiger partial charge in [0, 0.05) is 44.5 Å². The molecule has 3 heterocycles. The zero-order valence-corrected chi connectivity index (χ0v) is 16.3. The van der Waals surface area contributed by atoms with Gasteiger partial charge in [0.25, 0.3) is 0 Å². The molecule has 4 aromatic rings. The van der Waals surface area contributed by atoms with Crippen molar-refractivity contribution in [2.24, 2.45) is 0 Å². The number of carbonyl (C=O) groups is 1. The van der Waals surface area contributed by atoms with E-state index in [0.29, 0.717) is 31.6 Å². The van der Waals surface area contributed by atoms with Crippen molar-refractivity contribution >= 4 is 17.1 Å². The summed E-state index contributed by atoms with van der Waals surface area (Å²) >= 11 is 0. The Bertz CT molecular complexity index is 1130. The second-order valence-corrected chi connectivity index (χ2v) is 6.54. The lowest BCUT2D eigenvalue weighted by molar-refractivity contribution is -0.121. The summed E-state index contributed by atoms with van der Waals surface area (Å²) in [5, 5.41) is 16.0. The standard InChI is InChI=1S/C20H22N6O3/c1-28-12-9-21-19(27)8-7-18-22-23-20-17-13-16(24-26(17)11-10-25(18)20)14-3-5-15(29-2)6-4-14/h3-6,10-11,13H,7-9,12H2,1-2H3,(H,21,27). The molecule has 0 aliphatic rings. The van der Waals surface area contributed by atoms with Crippen LogP contribution in [-0.2, 0) is 16.0 Å². The van der Waals surface area contributed by atoms with Crippen molar-refractivity contribution < 1.29 is 14.3 Å². The van der Waals surface area contributed by atoms with Crippen molar-refractivity contribution in [1.29, 1.82) is 0 Å². The molecule has 0 unspecified atom stereocenters. The van der Waals surface area contributed by atoms with E-state index in [1.54, 1.807) is 18.7 Å². The Hall–Kier alpha value is -3.46. The maximum Gasteiger partial charge on any atom is 0.220 e. The minimum atomic E-state index is -0.0361. The van der Waals surface area contributed by atoms with Crippen LogP contribution in [0.25, 0.3) is 22.4 Å². The second kappa shape index (κ2) is 8.27. The van der Waals surface area contributed by atoms with Gasteiger partial charge >= 0.3 is 0 Å². The third-order valence-corrected chi connectivity index (χ3v) is 4.68. The highest BCUT2D eigenvalue weighted by Crippen LogP contribution is 2.24. The highest BCUT2D eigenvalue weighted by Gasteiger charge is 2.13. The maximum atomic E-state index is 11.9. The summed E-state index contributed by atoms with van der Waals surface area (Å²) in [5.41, 5.74) is 3.37. The van der Waals surface area contributed by atoms with Crippen LogP contribution >= 0.6 is 0 Å². The molecule has 4 rings (SSSR count). The molecular formula is C20H22N6O3. The van der Waals surface area contributed by atoms with E-state index in [2.05, 4.69) is 20.6 Å². The normalized spacial score (nSPS) is 11.2. The maximum absolute atomic E-state index is 11.9. The van der Waals surface area contributed by atoms with Gasteiger partial charge in [-0.05, 0) is 30.3 Å². The highest BCUT2D eigenvalue weighted by molar-refractivity contribution is 5.77. The Balaban J connectivity index is 1.56. The molecule has 0 spiro atoms. The monoisotopic (exact) mass is 394 g/mol. The van der Waals surface area contributed by atoms with E-state index >= 15 is 0 Å². The molecule has 150 valence electrons. The van der Waals surface area contributed by atoms with Crippen LogP contribution in [-0.4, -0.2) is 57.5 Å². The summed E-state index contributed by atoms with van der Waals surface area (Å²) < 4.78 is 13.8. The number of ether oxygens (including phenoxy) is 2. The van der Waals surface area contributed by atoms with E-state index < -0.39 is 0 Å². The first-order chi connectivity index (χ1) is 14.2. The second-order valence-electron chi connectivity index (χ2n) is 6.54. The van der Waals surface area contributed by atoms with Crippen LogP contribution in [0.3, 0.4) is 0 Å². The van der Waals surface area contributed by atoms with E-state index in [4.69, 9.17) is 9.47 Å². The molecule has 0 atom stereocenters. The van der Waals surface area contributed by atoms with Gasteiger partial charge in [0.1, 0.15) is 17.1 Å². The number of nitrogens with zero attached hydrogens (tertiary/aromatic N) is 5. The van der Waals surface area contributed by atoms with Crippen molar-refractivity contribution in [3.05, 3.63) is 48.5 Å². The van der Waals surface area contributed by atoms with Crippen LogP contribution in [0.1, 0.15) is 12.2 Å². The Labute approximate surface area is 167 Å². The molecule has 1 aromatic carbocycles. The van der Waals surface area contributed by atoms with E-state index in [1.807, 2.05) is 47.1 Å². The van der Waals surface area contributed by atoms with Crippen LogP contribution in [0.15, 0.2) is 42.7 Å². The van der Waals surface area contributed by atoms with Gasteiger partial charge < -0.3 is 14.8 Å². The predicted octanol–water partition coefficient (Wildman–Crippen LogP) is 1.75. The van der Waals surface area contributed by atoms with Crippen LogP contribution in [0.4, 0.5) is 0 Å². The van der Waals surface area contributed by atoms with Gasteiger partial charge in [-0.25, -0.2) is 4.52 Å². The first-order valence-corrected chi connectivity index (χ1v) is 9.31. The zero-order valence-electron chi connectivity index (χ0n) is 16.3. The van der Waals surface area contributed by atoms with Gasteiger partial charge in [0.05, 0.1) is 19.4 Å². The molecule has 0 radical (unpaired) electrons. The first kappa shape index (κ1) is 18.9. The number of aryl methyl sites for hydroxylation is 1. The Kier molecular flexibility index (Phi) is 5.39. The molecule has 9 heteroatoms. The number of amides is 1. The molecule has 0 fully saturated rings. The number of methoxy groups -OCH3 is 2. The number of aromatic nitrogens is 5. The lowest BCUT2D eigenvalue weighted by Gasteiger charge is -2.04. The minimum Gasteiger partial charge on any atom is -0.497 e. The molecule has 1 N–H and O–H groups in total. The molecule has 9 nitrogen and oxygen atoms in total. The van der Waals surface area contributed by atoms with E-state index in [-0.39, 0.29) is 5.91 Å². The van der Waals surface area contributed by atoms with Gasteiger partial charge in [-0.1, -0.05) is 0 Å². The van der Waals surface area contributed by atoms with Gasteiger partial charge in [0.2, 0.25) is 5.91 Å². The minimum absolute atomic E-state index is 0.0361. The van der Waals surface area contributed by atoms with Gasteiger partial charge in [-0.3, -0.25) is 9.20 Å². The fourth-order valence-electron chi connectivity index (χ4n) is 3.14. The number of hydrogen-bond donors (Lipinski definition) is 1. The number of carbonyl (C=O) groups excluding carboxylic acids is 1. The Morgan fingerprint density at radius 2 is 1.97 bits per heavy atom. The summed E-state index contributed by atoms with van der Waals surface area (Å²) in [7, 11) is 3.24. The predicted molar refractivity (Wildman–Crippen MR) is 107 cm³/mol. The fraction of sp³-hybridized carbons (Fsp3) is 0.300. The van der Waals surface area contributed by atoms with Crippen LogP contribution in [0.5, 0.6) is 5.75 Å². The number of fused-ring (bicyclic) bond motifs is 3. The Morgan fingerprint density at radius 1 is 1.14 bits per heavy atom. The molecular weight excluding hydrogens is 372 g/mol. The third-order valence-electron chi connectivity index (χ3n) is 4.68. The average Bonchev–Trinajstić information content (AvgIpc) is 3.36. The van der Waals surface area contributed by atoms with E-state index in [0.717, 1.165) is 28.3 Å². The smallest absolute Gasteiger partial charge is 0.220 e. The number of rotatable bonds is 8. The van der Waals surface area contributed by atoms with Gasteiger partial charge in [0.15, 0.2) is 5.65 Å². The van der Waals surface area contributed by atoms with Crippen molar-refractivity contribution in [1.82, 2.24) is 29.5 Å². The van der Waals surface area contributed by atoms with E-state index in [1.165, 1.54) is 0 Å². The molecule has 0 bridgehead atoms. The Morgan fingerprint density at radius 3 is 2.72 bits per heavy atom. The van der Waals surface area contributed by atoms with Crippen LogP contribution < -0.4 is 10.1 Å². The molecule has 0 saturated carbocycles. The van der Waals surface area contributed by atoms with Crippen molar-refractivity contribution in [3.63, 3.8) is 0 Å². The summed E-state index contributed by atoms with van der Waals surface area (Å²) in [6, 6.07) is 9.72. The SMILES string of the molecule is COCCNC(=O)CCc1nnc2c3cc(-c4ccc(OC)cc4)nn3ccn12. The quantitative estimate of drug-likeness (QED) is 0.458. The van der Waals surface area contributed by atoms with E-state index in [9.17, 15) is 4.79 Å². The first-order valence-electron chi connectivity index (χ1n) is 9.31. The van der Waals surface area contributed by atoms with Crippen molar-refractivity contribution in [2.75, 3.05) is 27.4 Å². The summed E-state index contributed by atoms with van der Waals surface area (Å²) in [6.45, 7) is 0.996. The van der Waals surface area contributed by atoms with Gasteiger partial charge in [-0.15, -0.1) is 10.2 Å². The molecule has 0 aliphatic carbocycles. The lowest BCUT2D eigenvalue weighted by atomic mass is 10.1. The lowest BCUT2D eigenvalue weighted by Crippen LogP contribution is -2.27.